The highest BCUT2D eigenvalue weighted by molar-refractivity contribution is 5.17. The quantitative estimate of drug-likeness (QED) is 0.698. The summed E-state index contributed by atoms with van der Waals surface area (Å²) in [5, 5.41) is 7.74. The lowest BCUT2D eigenvalue weighted by Crippen LogP contribution is -2.40. The van der Waals surface area contributed by atoms with Crippen molar-refractivity contribution in [3.8, 4) is 0 Å². The third-order valence-electron chi connectivity index (χ3n) is 2.56. The molecule has 3 nitrogen and oxygen atoms in total. The van der Waals surface area contributed by atoms with Crippen molar-refractivity contribution in [2.24, 2.45) is 7.05 Å². The lowest BCUT2D eigenvalue weighted by Gasteiger charge is -2.24. The van der Waals surface area contributed by atoms with Gasteiger partial charge in [0.2, 0.25) is 0 Å². The minimum absolute atomic E-state index is 0.663. The Morgan fingerprint density at radius 3 is 2.83 bits per heavy atom. The van der Waals surface area contributed by atoms with Crippen molar-refractivity contribution >= 4 is 0 Å². The number of aromatic nitrogens is 2. The van der Waals surface area contributed by atoms with Gasteiger partial charge in [-0.15, -0.1) is 0 Å². The summed E-state index contributed by atoms with van der Waals surface area (Å²) in [7, 11) is 2.02. The minimum Gasteiger partial charge on any atom is -0.315 e. The van der Waals surface area contributed by atoms with Gasteiger partial charge in [0.25, 0.3) is 0 Å². The monoisotopic (exact) mass is 165 g/mol. The molecule has 0 amide bonds. The molecule has 0 atom stereocenters. The molecule has 1 aliphatic heterocycles. The zero-order valence-corrected chi connectivity index (χ0v) is 7.67. The average Bonchev–Trinajstić information content (AvgIpc) is 2.27. The van der Waals surface area contributed by atoms with Crippen molar-refractivity contribution in [2.75, 3.05) is 13.1 Å². The maximum Gasteiger partial charge on any atom is 0.0683 e. The fourth-order valence-electron chi connectivity index (χ4n) is 1.56. The highest BCUT2D eigenvalue weighted by atomic mass is 15.3. The summed E-state index contributed by atoms with van der Waals surface area (Å²) in [6.07, 6.45) is 1.07. The van der Waals surface area contributed by atoms with E-state index in [1.54, 1.807) is 0 Å². The Bertz CT molecular complexity index is 273. The SMILES string of the molecule is CCc1cc(C2CNC2)nn1C. The van der Waals surface area contributed by atoms with Gasteiger partial charge in [-0.05, 0) is 12.5 Å². The molecule has 1 fully saturated rings. The van der Waals surface area contributed by atoms with Crippen molar-refractivity contribution < 1.29 is 0 Å². The van der Waals surface area contributed by atoms with Gasteiger partial charge in [-0.25, -0.2) is 0 Å². The van der Waals surface area contributed by atoms with E-state index < -0.39 is 0 Å². The van der Waals surface area contributed by atoms with E-state index in [2.05, 4.69) is 23.4 Å². The van der Waals surface area contributed by atoms with E-state index >= 15 is 0 Å². The maximum atomic E-state index is 4.48. The fraction of sp³-hybridized carbons (Fsp3) is 0.667. The molecule has 0 unspecified atom stereocenters. The Labute approximate surface area is 72.8 Å². The van der Waals surface area contributed by atoms with Gasteiger partial charge in [-0.3, -0.25) is 4.68 Å². The average molecular weight is 165 g/mol. The van der Waals surface area contributed by atoms with Gasteiger partial charge in [-0.2, -0.15) is 5.10 Å². The van der Waals surface area contributed by atoms with Crippen LogP contribution in [-0.2, 0) is 13.5 Å². The molecule has 1 saturated heterocycles. The van der Waals surface area contributed by atoms with E-state index in [0.717, 1.165) is 19.5 Å². The lowest BCUT2D eigenvalue weighted by molar-refractivity contribution is 0.436. The van der Waals surface area contributed by atoms with Crippen LogP contribution in [0.3, 0.4) is 0 Å². The molecule has 0 saturated carbocycles. The molecule has 2 rings (SSSR count). The molecular weight excluding hydrogens is 150 g/mol. The van der Waals surface area contributed by atoms with Crippen molar-refractivity contribution in [1.82, 2.24) is 15.1 Å². The second-order valence-corrected chi connectivity index (χ2v) is 3.39. The number of aryl methyl sites for hydroxylation is 2. The van der Waals surface area contributed by atoms with Crippen LogP contribution in [0.1, 0.15) is 24.2 Å². The van der Waals surface area contributed by atoms with Gasteiger partial charge < -0.3 is 5.32 Å². The van der Waals surface area contributed by atoms with Crippen LogP contribution < -0.4 is 5.32 Å². The van der Waals surface area contributed by atoms with Gasteiger partial charge in [0.05, 0.1) is 5.69 Å². The smallest absolute Gasteiger partial charge is 0.0683 e. The van der Waals surface area contributed by atoms with Crippen molar-refractivity contribution in [1.29, 1.82) is 0 Å². The van der Waals surface area contributed by atoms with E-state index in [-0.39, 0.29) is 0 Å². The summed E-state index contributed by atoms with van der Waals surface area (Å²) in [5.74, 6) is 0.663. The topological polar surface area (TPSA) is 29.9 Å². The third-order valence-corrected chi connectivity index (χ3v) is 2.56. The van der Waals surface area contributed by atoms with Crippen LogP contribution in [0.4, 0.5) is 0 Å². The van der Waals surface area contributed by atoms with Gasteiger partial charge in [0.1, 0.15) is 0 Å². The predicted molar refractivity (Wildman–Crippen MR) is 48.2 cm³/mol. The zero-order chi connectivity index (χ0) is 8.55. The molecule has 0 radical (unpaired) electrons. The molecule has 2 heterocycles. The zero-order valence-electron chi connectivity index (χ0n) is 7.67. The van der Waals surface area contributed by atoms with E-state index in [4.69, 9.17) is 0 Å². The maximum absolute atomic E-state index is 4.48. The first kappa shape index (κ1) is 7.80. The highest BCUT2D eigenvalue weighted by Gasteiger charge is 2.21. The minimum atomic E-state index is 0.663. The van der Waals surface area contributed by atoms with Crippen LogP contribution in [0.25, 0.3) is 0 Å². The van der Waals surface area contributed by atoms with Gasteiger partial charge >= 0.3 is 0 Å². The molecule has 66 valence electrons. The van der Waals surface area contributed by atoms with Crippen molar-refractivity contribution in [2.45, 2.75) is 19.3 Å². The van der Waals surface area contributed by atoms with Gasteiger partial charge in [0, 0.05) is 31.7 Å². The molecular formula is C9H15N3. The van der Waals surface area contributed by atoms with Crippen LogP contribution in [0, 0.1) is 0 Å². The molecule has 1 N–H and O–H groups in total. The van der Waals surface area contributed by atoms with Crippen LogP contribution in [0.15, 0.2) is 6.07 Å². The molecule has 1 aromatic rings. The fourth-order valence-corrected chi connectivity index (χ4v) is 1.56. The van der Waals surface area contributed by atoms with Crippen LogP contribution in [0.5, 0.6) is 0 Å². The predicted octanol–water partition coefficient (Wildman–Crippen LogP) is 0.669. The van der Waals surface area contributed by atoms with Gasteiger partial charge in [-0.1, -0.05) is 6.92 Å². The number of nitrogens with zero attached hydrogens (tertiary/aromatic N) is 2. The normalized spacial score (nSPS) is 17.8. The lowest BCUT2D eigenvalue weighted by atomic mass is 9.99. The molecule has 1 aromatic heterocycles. The van der Waals surface area contributed by atoms with Crippen LogP contribution in [-0.4, -0.2) is 22.9 Å². The van der Waals surface area contributed by atoms with E-state index in [0.29, 0.717) is 5.92 Å². The summed E-state index contributed by atoms with van der Waals surface area (Å²) >= 11 is 0. The first-order valence-corrected chi connectivity index (χ1v) is 4.54. The molecule has 0 bridgehead atoms. The molecule has 1 aliphatic rings. The largest absolute Gasteiger partial charge is 0.315 e. The van der Waals surface area contributed by atoms with Crippen molar-refractivity contribution in [3.63, 3.8) is 0 Å². The third kappa shape index (κ3) is 1.14. The first-order valence-electron chi connectivity index (χ1n) is 4.54. The van der Waals surface area contributed by atoms with Gasteiger partial charge in [0.15, 0.2) is 0 Å². The number of hydrogen-bond acceptors (Lipinski definition) is 2. The van der Waals surface area contributed by atoms with Crippen LogP contribution in [0.2, 0.25) is 0 Å². The number of rotatable bonds is 2. The number of hydrogen-bond donors (Lipinski definition) is 1. The number of nitrogens with one attached hydrogen (secondary N) is 1. The Hall–Kier alpha value is -0.830. The van der Waals surface area contributed by atoms with Crippen LogP contribution >= 0.6 is 0 Å². The highest BCUT2D eigenvalue weighted by Crippen LogP contribution is 2.18. The Kier molecular flexibility index (Phi) is 1.89. The summed E-state index contributed by atoms with van der Waals surface area (Å²) in [6.45, 7) is 4.36. The van der Waals surface area contributed by atoms with E-state index in [1.165, 1.54) is 11.4 Å². The van der Waals surface area contributed by atoms with E-state index in [9.17, 15) is 0 Å². The summed E-state index contributed by atoms with van der Waals surface area (Å²) in [5.41, 5.74) is 2.59. The standard InChI is InChI=1S/C9H15N3/c1-3-8-4-9(11-12(8)2)7-5-10-6-7/h4,7,10H,3,5-6H2,1-2H3. The summed E-state index contributed by atoms with van der Waals surface area (Å²) in [4.78, 5) is 0. The molecule has 0 aliphatic carbocycles. The molecule has 0 aromatic carbocycles. The molecule has 0 spiro atoms. The second kappa shape index (κ2) is 2.90. The Morgan fingerprint density at radius 2 is 2.42 bits per heavy atom. The van der Waals surface area contributed by atoms with Crippen molar-refractivity contribution in [3.05, 3.63) is 17.5 Å². The van der Waals surface area contributed by atoms with E-state index in [1.807, 2.05) is 11.7 Å². The first-order chi connectivity index (χ1) is 5.81. The molecule has 12 heavy (non-hydrogen) atoms. The summed E-state index contributed by atoms with van der Waals surface area (Å²) in [6, 6.07) is 2.23. The summed E-state index contributed by atoms with van der Waals surface area (Å²) < 4.78 is 1.99. The second-order valence-electron chi connectivity index (χ2n) is 3.39. The molecule has 3 heteroatoms. The Balaban J connectivity index is 2.21. The Morgan fingerprint density at radius 1 is 1.67 bits per heavy atom.